The fourth-order valence-electron chi connectivity index (χ4n) is 3.56. The lowest BCUT2D eigenvalue weighted by Crippen LogP contribution is -2.42. The second-order valence-corrected chi connectivity index (χ2v) is 6.82. The zero-order valence-corrected chi connectivity index (χ0v) is 15.8. The van der Waals surface area contributed by atoms with Crippen molar-refractivity contribution in [3.05, 3.63) is 106 Å². The minimum atomic E-state index is -0.573. The second-order valence-electron chi connectivity index (χ2n) is 6.82. The molecule has 1 saturated heterocycles. The maximum atomic E-state index is 13.0. The van der Waals surface area contributed by atoms with Gasteiger partial charge in [-0.05, 0) is 23.3 Å². The summed E-state index contributed by atoms with van der Waals surface area (Å²) in [6, 6.07) is 23.0. The van der Waals surface area contributed by atoms with E-state index < -0.39 is 22.9 Å². The van der Waals surface area contributed by atoms with Gasteiger partial charge < -0.3 is 5.32 Å². The number of anilines is 1. The minimum absolute atomic E-state index is 0.0752. The first-order valence-electron chi connectivity index (χ1n) is 9.29. The van der Waals surface area contributed by atoms with Crippen LogP contribution < -0.4 is 10.7 Å². The summed E-state index contributed by atoms with van der Waals surface area (Å²) in [5.41, 5.74) is 4.59. The molecule has 2 atom stereocenters. The third-order valence-corrected chi connectivity index (χ3v) is 4.95. The van der Waals surface area contributed by atoms with E-state index in [0.717, 1.165) is 11.1 Å². The number of nitro groups is 1. The number of benzene rings is 3. The van der Waals surface area contributed by atoms with Crippen molar-refractivity contribution in [2.45, 2.75) is 12.0 Å². The monoisotopic (exact) mass is 402 g/mol. The van der Waals surface area contributed by atoms with E-state index in [-0.39, 0.29) is 11.6 Å². The number of carbonyl (C=O) groups is 2. The first-order valence-corrected chi connectivity index (χ1v) is 9.29. The molecule has 4 rings (SSSR count). The van der Waals surface area contributed by atoms with E-state index in [1.165, 1.54) is 29.3 Å². The van der Waals surface area contributed by atoms with Gasteiger partial charge in [-0.1, -0.05) is 60.7 Å². The van der Waals surface area contributed by atoms with Crippen LogP contribution in [-0.4, -0.2) is 21.9 Å². The zero-order valence-electron chi connectivity index (χ0n) is 15.8. The van der Waals surface area contributed by atoms with E-state index in [0.29, 0.717) is 5.69 Å². The van der Waals surface area contributed by atoms with Crippen molar-refractivity contribution in [3.63, 3.8) is 0 Å². The van der Waals surface area contributed by atoms with Crippen molar-refractivity contribution in [3.8, 4) is 0 Å². The highest BCUT2D eigenvalue weighted by molar-refractivity contribution is 5.96. The fraction of sp³-hybridized carbons (Fsp3) is 0.0909. The fourth-order valence-corrected chi connectivity index (χ4v) is 3.56. The van der Waals surface area contributed by atoms with Crippen LogP contribution in [0.4, 0.5) is 16.2 Å². The van der Waals surface area contributed by atoms with Crippen LogP contribution in [0.25, 0.3) is 0 Å². The topological polar surface area (TPSA) is 105 Å². The molecule has 0 saturated carbocycles. The molecule has 0 aromatic heterocycles. The van der Waals surface area contributed by atoms with Gasteiger partial charge in [0.1, 0.15) is 0 Å². The van der Waals surface area contributed by atoms with Gasteiger partial charge in [0, 0.05) is 17.8 Å². The van der Waals surface area contributed by atoms with Gasteiger partial charge in [0.25, 0.3) is 5.69 Å². The molecule has 3 aromatic rings. The van der Waals surface area contributed by atoms with E-state index in [1.54, 1.807) is 0 Å². The van der Waals surface area contributed by atoms with Gasteiger partial charge in [-0.25, -0.2) is 9.80 Å². The average Bonchev–Trinajstić information content (AvgIpc) is 3.12. The van der Waals surface area contributed by atoms with Crippen LogP contribution in [0, 0.1) is 10.1 Å². The number of carbonyl (C=O) groups excluding carboxylic acids is 2. The Morgan fingerprint density at radius 3 is 2.03 bits per heavy atom. The Kier molecular flexibility index (Phi) is 5.13. The third-order valence-electron chi connectivity index (χ3n) is 4.95. The molecule has 3 amide bonds. The molecule has 0 aliphatic carbocycles. The van der Waals surface area contributed by atoms with Gasteiger partial charge in [-0.2, -0.15) is 0 Å². The van der Waals surface area contributed by atoms with Gasteiger partial charge in [-0.3, -0.25) is 20.3 Å². The molecular weight excluding hydrogens is 384 g/mol. The molecule has 8 heteroatoms. The second kappa shape index (κ2) is 8.04. The number of rotatable bonds is 4. The number of non-ortho nitro benzene ring substituents is 1. The quantitative estimate of drug-likeness (QED) is 0.508. The number of nitrogens with one attached hydrogen (secondary N) is 2. The van der Waals surface area contributed by atoms with Crippen LogP contribution >= 0.6 is 0 Å². The maximum absolute atomic E-state index is 13.0. The zero-order chi connectivity index (χ0) is 21.1. The highest BCUT2D eigenvalue weighted by Crippen LogP contribution is 2.39. The molecule has 1 heterocycles. The Morgan fingerprint density at radius 2 is 1.47 bits per heavy atom. The summed E-state index contributed by atoms with van der Waals surface area (Å²) in [5, 5.41) is 14.8. The minimum Gasteiger partial charge on any atom is -0.306 e. The molecule has 0 bridgehead atoms. The molecule has 1 aliphatic heterocycles. The van der Waals surface area contributed by atoms with Gasteiger partial charge in [-0.15, -0.1) is 0 Å². The molecule has 0 spiro atoms. The van der Waals surface area contributed by atoms with Crippen molar-refractivity contribution < 1.29 is 14.5 Å². The summed E-state index contributed by atoms with van der Waals surface area (Å²) >= 11 is 0. The van der Waals surface area contributed by atoms with Crippen LogP contribution in [0.5, 0.6) is 0 Å². The number of nitro benzene ring substituents is 1. The number of amides is 3. The Hall–Kier alpha value is -4.20. The van der Waals surface area contributed by atoms with E-state index in [4.69, 9.17) is 0 Å². The van der Waals surface area contributed by atoms with Crippen LogP contribution in [0.3, 0.4) is 0 Å². The first-order chi connectivity index (χ1) is 14.5. The number of hydrazine groups is 1. The van der Waals surface area contributed by atoms with Crippen LogP contribution in [0.15, 0.2) is 84.9 Å². The molecule has 150 valence electrons. The van der Waals surface area contributed by atoms with E-state index in [2.05, 4.69) is 10.7 Å². The largest absolute Gasteiger partial charge is 0.341 e. The standard InChI is InChI=1S/C22H18N4O4/c27-21-19(15-7-3-1-4-8-15)20(16-9-5-2-6-10-16)25(24-21)22(28)23-17-11-13-18(14-12-17)26(29)30/h1-14,19-20H,(H,23,28)(H,24,27). The lowest BCUT2D eigenvalue weighted by Gasteiger charge is -2.26. The highest BCUT2D eigenvalue weighted by Gasteiger charge is 2.45. The van der Waals surface area contributed by atoms with E-state index in [1.807, 2.05) is 60.7 Å². The van der Waals surface area contributed by atoms with Crippen LogP contribution in [0.1, 0.15) is 23.1 Å². The van der Waals surface area contributed by atoms with Gasteiger partial charge >= 0.3 is 6.03 Å². The van der Waals surface area contributed by atoms with Crippen molar-refractivity contribution in [1.29, 1.82) is 0 Å². The van der Waals surface area contributed by atoms with Crippen molar-refractivity contribution >= 4 is 23.3 Å². The molecule has 30 heavy (non-hydrogen) atoms. The summed E-state index contributed by atoms with van der Waals surface area (Å²) in [7, 11) is 0. The number of nitrogens with zero attached hydrogens (tertiary/aromatic N) is 2. The first kappa shape index (κ1) is 19.1. The van der Waals surface area contributed by atoms with Crippen molar-refractivity contribution in [2.24, 2.45) is 0 Å². The normalized spacial score (nSPS) is 18.0. The molecule has 0 radical (unpaired) electrons. The Labute approximate surface area is 172 Å². The maximum Gasteiger partial charge on any atom is 0.341 e. The summed E-state index contributed by atoms with van der Waals surface area (Å²) < 4.78 is 0. The Morgan fingerprint density at radius 1 is 0.900 bits per heavy atom. The average molecular weight is 402 g/mol. The number of hydrogen-bond donors (Lipinski definition) is 2. The third kappa shape index (κ3) is 3.70. The summed E-state index contributed by atoms with van der Waals surface area (Å²) in [6.45, 7) is 0. The molecule has 2 unspecified atom stereocenters. The summed E-state index contributed by atoms with van der Waals surface area (Å²) in [6.07, 6.45) is 0. The SMILES string of the molecule is O=C1NN(C(=O)Nc2ccc([N+](=O)[O-])cc2)C(c2ccccc2)C1c1ccccc1. The Balaban J connectivity index is 1.64. The van der Waals surface area contributed by atoms with Gasteiger partial charge in [0.2, 0.25) is 5.91 Å². The van der Waals surface area contributed by atoms with Crippen LogP contribution in [0.2, 0.25) is 0 Å². The predicted molar refractivity (Wildman–Crippen MR) is 110 cm³/mol. The molecule has 3 aromatic carbocycles. The van der Waals surface area contributed by atoms with Gasteiger partial charge in [0.15, 0.2) is 0 Å². The lowest BCUT2D eigenvalue weighted by molar-refractivity contribution is -0.384. The van der Waals surface area contributed by atoms with Crippen molar-refractivity contribution in [1.82, 2.24) is 10.4 Å². The van der Waals surface area contributed by atoms with Gasteiger partial charge in [0.05, 0.1) is 16.9 Å². The lowest BCUT2D eigenvalue weighted by atomic mass is 9.87. The van der Waals surface area contributed by atoms with Crippen molar-refractivity contribution in [2.75, 3.05) is 5.32 Å². The Bertz CT molecular complexity index is 1070. The van der Waals surface area contributed by atoms with Crippen LogP contribution in [-0.2, 0) is 4.79 Å². The predicted octanol–water partition coefficient (Wildman–Crippen LogP) is 4.00. The summed E-state index contributed by atoms with van der Waals surface area (Å²) in [4.78, 5) is 36.1. The molecule has 1 aliphatic rings. The molecule has 1 fully saturated rings. The molecule has 8 nitrogen and oxygen atoms in total. The molecule has 2 N–H and O–H groups in total. The number of hydrogen-bond acceptors (Lipinski definition) is 4. The number of urea groups is 1. The van der Waals surface area contributed by atoms with E-state index >= 15 is 0 Å². The molecular formula is C22H18N4O4. The van der Waals surface area contributed by atoms with E-state index in [9.17, 15) is 19.7 Å². The summed E-state index contributed by atoms with van der Waals surface area (Å²) in [5.74, 6) is -0.856. The highest BCUT2D eigenvalue weighted by atomic mass is 16.6. The smallest absolute Gasteiger partial charge is 0.306 e.